The molecule has 4 aromatic rings. The summed E-state index contributed by atoms with van der Waals surface area (Å²) in [5.74, 6) is 0. The van der Waals surface area contributed by atoms with E-state index in [2.05, 4.69) is 16.7 Å². The Morgan fingerprint density at radius 1 is 1.06 bits per heavy atom. The zero-order valence-electron chi connectivity index (χ0n) is 17.8. The van der Waals surface area contributed by atoms with Crippen molar-refractivity contribution in [3.63, 3.8) is 0 Å². The van der Waals surface area contributed by atoms with Crippen molar-refractivity contribution in [2.75, 3.05) is 17.7 Å². The van der Waals surface area contributed by atoms with Crippen molar-refractivity contribution in [1.82, 2.24) is 9.29 Å². The molecule has 2 heterocycles. The number of anilines is 2. The van der Waals surface area contributed by atoms with Crippen LogP contribution < -0.4 is 20.9 Å². The third-order valence-corrected chi connectivity index (χ3v) is 8.61. The third kappa shape index (κ3) is 4.96. The number of nitriles is 1. The Labute approximate surface area is 213 Å². The number of aromatic nitrogens is 1. The third-order valence-electron chi connectivity index (χ3n) is 4.94. The van der Waals surface area contributed by atoms with Crippen LogP contribution in [0.1, 0.15) is 5.56 Å². The lowest BCUT2D eigenvalue weighted by Crippen LogP contribution is -2.33. The fourth-order valence-corrected chi connectivity index (χ4v) is 6.06. The molecule has 4 rings (SSSR count). The Morgan fingerprint density at radius 2 is 1.74 bits per heavy atom. The van der Waals surface area contributed by atoms with Crippen molar-refractivity contribution in [3.8, 4) is 11.8 Å². The van der Waals surface area contributed by atoms with Crippen LogP contribution in [-0.4, -0.2) is 26.1 Å². The molecule has 178 valence electrons. The summed E-state index contributed by atoms with van der Waals surface area (Å²) in [5.41, 5.74) is 1.49. The molecule has 35 heavy (non-hydrogen) atoms. The Hall–Kier alpha value is -3.56. The van der Waals surface area contributed by atoms with Crippen LogP contribution in [0.15, 0.2) is 63.7 Å². The second-order valence-electron chi connectivity index (χ2n) is 7.13. The summed E-state index contributed by atoms with van der Waals surface area (Å²) < 4.78 is 27.8. The number of fused-ring (bicyclic) bond motifs is 1. The van der Waals surface area contributed by atoms with Crippen LogP contribution in [0.4, 0.5) is 16.2 Å². The first-order valence-corrected chi connectivity index (χ1v) is 12.8. The molecule has 9 nitrogen and oxygen atoms in total. The normalized spacial score (nSPS) is 11.1. The first-order valence-electron chi connectivity index (χ1n) is 9.79. The lowest BCUT2D eigenvalue weighted by Gasteiger charge is -2.12. The number of thiophene rings is 1. The second-order valence-corrected chi connectivity index (χ2v) is 11.1. The number of urea groups is 1. The number of sulfonamides is 1. The van der Waals surface area contributed by atoms with E-state index in [0.29, 0.717) is 22.0 Å². The van der Waals surface area contributed by atoms with Gasteiger partial charge in [-0.1, -0.05) is 23.2 Å². The summed E-state index contributed by atoms with van der Waals surface area (Å²) in [7, 11) is -2.42. The fourth-order valence-electron chi connectivity index (χ4n) is 3.27. The molecule has 2 aromatic heterocycles. The van der Waals surface area contributed by atoms with E-state index in [9.17, 15) is 23.3 Å². The highest BCUT2D eigenvalue weighted by molar-refractivity contribution is 7.92. The molecule has 0 aliphatic carbocycles. The largest absolute Gasteiger partial charge is 0.388 e. The highest BCUT2D eigenvalue weighted by atomic mass is 35.5. The molecule has 0 aliphatic rings. The molecule has 0 saturated carbocycles. The molecule has 2 aromatic carbocycles. The molecule has 0 radical (unpaired) electrons. The van der Waals surface area contributed by atoms with E-state index in [-0.39, 0.29) is 24.8 Å². The van der Waals surface area contributed by atoms with Gasteiger partial charge < -0.3 is 10.6 Å². The van der Waals surface area contributed by atoms with Gasteiger partial charge in [0.25, 0.3) is 15.6 Å². The molecule has 13 heteroatoms. The molecule has 2 amide bonds. The minimum absolute atomic E-state index is 0.0685. The van der Waals surface area contributed by atoms with Crippen LogP contribution in [0.5, 0.6) is 0 Å². The van der Waals surface area contributed by atoms with Gasteiger partial charge in [0.15, 0.2) is 0 Å². The van der Waals surface area contributed by atoms with Gasteiger partial charge in [-0.2, -0.15) is 5.26 Å². The monoisotopic (exact) mass is 547 g/mol. The second kappa shape index (κ2) is 9.59. The van der Waals surface area contributed by atoms with E-state index in [4.69, 9.17) is 23.2 Å². The van der Waals surface area contributed by atoms with Gasteiger partial charge in [-0.15, -0.1) is 11.3 Å². The van der Waals surface area contributed by atoms with E-state index in [1.54, 1.807) is 37.4 Å². The maximum Gasteiger partial charge on any atom is 0.333 e. The molecule has 3 N–H and O–H groups in total. The van der Waals surface area contributed by atoms with Gasteiger partial charge in [-0.25, -0.2) is 17.9 Å². The van der Waals surface area contributed by atoms with Gasteiger partial charge in [0.05, 0.1) is 10.6 Å². The van der Waals surface area contributed by atoms with Crippen molar-refractivity contribution in [2.45, 2.75) is 4.21 Å². The van der Waals surface area contributed by atoms with Crippen molar-refractivity contribution >= 4 is 72.7 Å². The fraction of sp³-hybridized carbons (Fsp3) is 0.0455. The summed E-state index contributed by atoms with van der Waals surface area (Å²) in [6.07, 6.45) is 1.45. The molecular weight excluding hydrogens is 533 g/mol. The number of nitrogens with one attached hydrogen (secondary N) is 3. The quantitative estimate of drug-likeness (QED) is 0.329. The Bertz CT molecular complexity index is 1650. The first-order chi connectivity index (χ1) is 16.6. The van der Waals surface area contributed by atoms with E-state index < -0.39 is 16.1 Å². The highest BCUT2D eigenvalue weighted by Gasteiger charge is 2.22. The Balaban J connectivity index is 1.57. The number of benzene rings is 2. The molecular formula is C22H15Cl2N5O4S2. The number of hydrogen-bond acceptors (Lipinski definition) is 7. The summed E-state index contributed by atoms with van der Waals surface area (Å²) in [6, 6.07) is 13.5. The van der Waals surface area contributed by atoms with E-state index in [1.807, 2.05) is 4.72 Å². The summed E-state index contributed by atoms with van der Waals surface area (Å²) >= 11 is 12.3. The standard InChI is InChI=1S/C22H15Cl2N5O4S2/c1-26-14-4-7-16-17(8-14)12(10-25)11-29(21(16)30)15-5-2-13(3-6-15)27-22(31)28-35(32,33)19-9-18(23)20(24)34-19/h2-9,11,26H,1H3,(H2,27,28,31). The van der Waals surface area contributed by atoms with Crippen molar-refractivity contribution in [3.05, 3.63) is 80.0 Å². The first kappa shape index (κ1) is 24.6. The van der Waals surface area contributed by atoms with Crippen LogP contribution in [0.2, 0.25) is 9.36 Å². The average molecular weight is 548 g/mol. The van der Waals surface area contributed by atoms with Gasteiger partial charge in [0.1, 0.15) is 14.6 Å². The van der Waals surface area contributed by atoms with E-state index >= 15 is 0 Å². The van der Waals surface area contributed by atoms with E-state index in [0.717, 1.165) is 23.1 Å². The minimum atomic E-state index is -4.16. The van der Waals surface area contributed by atoms with Gasteiger partial charge in [-0.05, 0) is 48.5 Å². The number of rotatable bonds is 5. The predicted molar refractivity (Wildman–Crippen MR) is 137 cm³/mol. The van der Waals surface area contributed by atoms with Crippen molar-refractivity contribution in [1.29, 1.82) is 5.26 Å². The van der Waals surface area contributed by atoms with Gasteiger partial charge in [0.2, 0.25) is 0 Å². The average Bonchev–Trinajstić information content (AvgIpc) is 3.18. The van der Waals surface area contributed by atoms with Crippen molar-refractivity contribution in [2.24, 2.45) is 0 Å². The number of halogens is 2. The maximum atomic E-state index is 13.0. The van der Waals surface area contributed by atoms with Gasteiger partial charge in [0, 0.05) is 41.1 Å². The number of hydrogen-bond donors (Lipinski definition) is 3. The van der Waals surface area contributed by atoms with Crippen molar-refractivity contribution < 1.29 is 13.2 Å². The van der Waals surface area contributed by atoms with Crippen LogP contribution in [0.25, 0.3) is 16.5 Å². The lowest BCUT2D eigenvalue weighted by atomic mass is 10.1. The minimum Gasteiger partial charge on any atom is -0.388 e. The number of carbonyl (C=O) groups is 1. The molecule has 0 spiro atoms. The molecule has 0 aliphatic heterocycles. The van der Waals surface area contributed by atoms with Gasteiger partial charge in [-0.3, -0.25) is 9.36 Å². The number of pyridine rings is 1. The number of carbonyl (C=O) groups excluding carboxylic acids is 1. The molecule has 0 fully saturated rings. The van der Waals surface area contributed by atoms with Gasteiger partial charge >= 0.3 is 6.03 Å². The predicted octanol–water partition coefficient (Wildman–Crippen LogP) is 4.78. The smallest absolute Gasteiger partial charge is 0.333 e. The van der Waals surface area contributed by atoms with Crippen LogP contribution in [0.3, 0.4) is 0 Å². The van der Waals surface area contributed by atoms with E-state index in [1.165, 1.54) is 22.9 Å². The summed E-state index contributed by atoms with van der Waals surface area (Å²) in [6.45, 7) is 0. The summed E-state index contributed by atoms with van der Waals surface area (Å²) in [5, 5.41) is 16.0. The maximum absolute atomic E-state index is 13.0. The van der Waals surface area contributed by atoms with Crippen LogP contribution in [-0.2, 0) is 10.0 Å². The number of amides is 2. The molecule has 0 bridgehead atoms. The van der Waals surface area contributed by atoms with Crippen LogP contribution in [0, 0.1) is 11.3 Å². The van der Waals surface area contributed by atoms with Crippen LogP contribution >= 0.6 is 34.5 Å². The topological polar surface area (TPSA) is 133 Å². The number of nitrogens with zero attached hydrogens (tertiary/aromatic N) is 2. The Morgan fingerprint density at radius 3 is 2.34 bits per heavy atom. The molecule has 0 saturated heterocycles. The molecule has 0 unspecified atom stereocenters. The Kier molecular flexibility index (Phi) is 6.73. The lowest BCUT2D eigenvalue weighted by molar-refractivity contribution is 0.256. The molecule has 0 atom stereocenters. The SMILES string of the molecule is CNc1ccc2c(=O)n(-c3ccc(NC(=O)NS(=O)(=O)c4cc(Cl)c(Cl)s4)cc3)cc(C#N)c2c1. The zero-order chi connectivity index (χ0) is 25.3. The highest BCUT2D eigenvalue weighted by Crippen LogP contribution is 2.34. The summed E-state index contributed by atoms with van der Waals surface area (Å²) in [4.78, 5) is 25.3. The zero-order valence-corrected chi connectivity index (χ0v) is 20.9.